The van der Waals surface area contributed by atoms with Crippen molar-refractivity contribution in [2.45, 2.75) is 78.7 Å². The molecule has 2 heterocycles. The predicted octanol–water partition coefficient (Wildman–Crippen LogP) is 6.49. The second-order valence-corrected chi connectivity index (χ2v) is 12.0. The highest BCUT2D eigenvalue weighted by Crippen LogP contribution is 2.47. The first-order chi connectivity index (χ1) is 13.6. The largest absolute Gasteiger partial charge is 0.481 e. The minimum atomic E-state index is -0.762. The molecule has 2 aromatic rings. The summed E-state index contributed by atoms with van der Waals surface area (Å²) < 4.78 is 0. The molecule has 0 saturated heterocycles. The Kier molecular flexibility index (Phi) is 6.74. The Morgan fingerprint density at radius 3 is 2.55 bits per heavy atom. The van der Waals surface area contributed by atoms with Crippen molar-refractivity contribution in [1.82, 2.24) is 4.98 Å². The van der Waals surface area contributed by atoms with E-state index in [1.165, 1.54) is 41.1 Å². The number of aromatic nitrogens is 1. The number of anilines is 1. The summed E-state index contributed by atoms with van der Waals surface area (Å²) in [7, 11) is 0. The molecule has 1 N–H and O–H groups in total. The Balaban J connectivity index is 1.74. The van der Waals surface area contributed by atoms with Gasteiger partial charge in [0.2, 0.25) is 0 Å². The number of aryl methyl sites for hydroxylation is 1. The molecule has 2 aromatic heterocycles. The van der Waals surface area contributed by atoms with Crippen LogP contribution >= 0.6 is 22.7 Å². The standard InChI is InChI=1S/C23H34N2O2S2/c1-16-6-7-18(29-16)14-25(13-10-20(26)27)21-24-19(15-28-21)23(5)11-8-17(9-12-23)22(2,3)4/h6-7,15,17H,8-14H2,1-5H3,(H,26,27). The summed E-state index contributed by atoms with van der Waals surface area (Å²) in [5.41, 5.74) is 1.70. The molecule has 0 radical (unpaired) electrons. The number of carboxylic acid groups (broad SMARTS) is 1. The zero-order chi connectivity index (χ0) is 21.2. The van der Waals surface area contributed by atoms with Crippen molar-refractivity contribution in [3.8, 4) is 0 Å². The maximum absolute atomic E-state index is 11.2. The highest BCUT2D eigenvalue weighted by molar-refractivity contribution is 7.14. The molecule has 0 atom stereocenters. The molecule has 1 fully saturated rings. The van der Waals surface area contributed by atoms with Gasteiger partial charge in [-0.3, -0.25) is 4.79 Å². The molecule has 0 spiro atoms. The van der Waals surface area contributed by atoms with E-state index in [2.05, 4.69) is 57.0 Å². The lowest BCUT2D eigenvalue weighted by molar-refractivity contribution is -0.136. The second kappa shape index (κ2) is 8.76. The van der Waals surface area contributed by atoms with Crippen molar-refractivity contribution >= 4 is 33.8 Å². The van der Waals surface area contributed by atoms with E-state index in [0.29, 0.717) is 12.0 Å². The van der Waals surface area contributed by atoms with Crippen molar-refractivity contribution < 1.29 is 9.90 Å². The summed E-state index contributed by atoms with van der Waals surface area (Å²) in [6.45, 7) is 12.7. The van der Waals surface area contributed by atoms with Gasteiger partial charge in [-0.1, -0.05) is 27.7 Å². The van der Waals surface area contributed by atoms with E-state index in [1.807, 2.05) is 0 Å². The topological polar surface area (TPSA) is 53.4 Å². The molecule has 4 nitrogen and oxygen atoms in total. The smallest absolute Gasteiger partial charge is 0.305 e. The van der Waals surface area contributed by atoms with Crippen LogP contribution in [0.1, 0.15) is 75.2 Å². The summed E-state index contributed by atoms with van der Waals surface area (Å²) in [5.74, 6) is 0.0180. The Labute approximate surface area is 183 Å². The molecule has 1 aliphatic rings. The van der Waals surface area contributed by atoms with Gasteiger partial charge in [-0.25, -0.2) is 4.98 Å². The average molecular weight is 435 g/mol. The monoisotopic (exact) mass is 434 g/mol. The summed E-state index contributed by atoms with van der Waals surface area (Å²) in [5, 5.41) is 12.3. The Bertz CT molecular complexity index is 826. The van der Waals surface area contributed by atoms with E-state index >= 15 is 0 Å². The van der Waals surface area contributed by atoms with Crippen LogP contribution in [0.2, 0.25) is 0 Å². The normalized spacial score (nSPS) is 22.6. The number of carbonyl (C=O) groups is 1. The van der Waals surface area contributed by atoms with Crippen LogP contribution in [0.4, 0.5) is 5.13 Å². The SMILES string of the molecule is Cc1ccc(CN(CCC(=O)O)c2nc(C3(C)CCC(C(C)(C)C)CC3)cs2)s1. The summed E-state index contributed by atoms with van der Waals surface area (Å²) in [4.78, 5) is 20.9. The van der Waals surface area contributed by atoms with Gasteiger partial charge in [0.1, 0.15) is 0 Å². The number of carboxylic acids is 1. The molecule has 160 valence electrons. The van der Waals surface area contributed by atoms with Crippen molar-refractivity contribution in [3.63, 3.8) is 0 Å². The van der Waals surface area contributed by atoms with Crippen LogP contribution in [0, 0.1) is 18.3 Å². The number of hydrogen-bond acceptors (Lipinski definition) is 5. The van der Waals surface area contributed by atoms with Gasteiger partial charge < -0.3 is 10.0 Å². The highest BCUT2D eigenvalue weighted by atomic mass is 32.1. The first-order valence-electron chi connectivity index (χ1n) is 10.5. The van der Waals surface area contributed by atoms with E-state index < -0.39 is 5.97 Å². The van der Waals surface area contributed by atoms with Gasteiger partial charge in [-0.2, -0.15) is 0 Å². The van der Waals surface area contributed by atoms with Crippen molar-refractivity contribution in [2.75, 3.05) is 11.4 Å². The molecule has 1 aliphatic carbocycles. The fourth-order valence-electron chi connectivity index (χ4n) is 4.29. The fourth-order valence-corrected chi connectivity index (χ4v) is 6.21. The van der Waals surface area contributed by atoms with E-state index in [0.717, 1.165) is 17.6 Å². The zero-order valence-electron chi connectivity index (χ0n) is 18.3. The number of nitrogens with zero attached hydrogens (tertiary/aromatic N) is 2. The Morgan fingerprint density at radius 1 is 1.31 bits per heavy atom. The van der Waals surface area contributed by atoms with Gasteiger partial charge in [-0.05, 0) is 56.1 Å². The third-order valence-corrected chi connectivity index (χ3v) is 8.32. The Hall–Kier alpha value is -1.40. The van der Waals surface area contributed by atoms with Crippen molar-refractivity contribution in [3.05, 3.63) is 33.0 Å². The maximum atomic E-state index is 11.2. The molecule has 6 heteroatoms. The average Bonchev–Trinajstić information content (AvgIpc) is 3.27. The lowest BCUT2D eigenvalue weighted by Gasteiger charge is -2.41. The number of thiophene rings is 1. The van der Waals surface area contributed by atoms with Gasteiger partial charge >= 0.3 is 5.97 Å². The van der Waals surface area contributed by atoms with Crippen LogP contribution in [-0.2, 0) is 16.8 Å². The van der Waals surface area contributed by atoms with Crippen LogP contribution < -0.4 is 4.90 Å². The number of aliphatic carboxylic acids is 1. The molecular formula is C23H34N2O2S2. The lowest BCUT2D eigenvalue weighted by atomic mass is 9.64. The fraction of sp³-hybridized carbons (Fsp3) is 0.652. The first-order valence-corrected chi connectivity index (χ1v) is 12.2. The number of hydrogen-bond donors (Lipinski definition) is 1. The summed E-state index contributed by atoms with van der Waals surface area (Å²) in [6, 6.07) is 4.26. The summed E-state index contributed by atoms with van der Waals surface area (Å²) in [6.07, 6.45) is 4.99. The molecule has 3 rings (SSSR count). The van der Waals surface area contributed by atoms with Gasteiger partial charge in [0.25, 0.3) is 0 Å². The minimum absolute atomic E-state index is 0.129. The molecule has 0 unspecified atom stereocenters. The predicted molar refractivity (Wildman–Crippen MR) is 123 cm³/mol. The van der Waals surface area contributed by atoms with Gasteiger partial charge in [0.15, 0.2) is 5.13 Å². The van der Waals surface area contributed by atoms with Crippen LogP contribution in [0.3, 0.4) is 0 Å². The van der Waals surface area contributed by atoms with E-state index in [1.54, 1.807) is 22.7 Å². The first kappa shape index (κ1) is 22.3. The van der Waals surface area contributed by atoms with Gasteiger partial charge in [-0.15, -0.1) is 22.7 Å². The summed E-state index contributed by atoms with van der Waals surface area (Å²) >= 11 is 3.43. The molecule has 0 aromatic carbocycles. The van der Waals surface area contributed by atoms with Gasteiger partial charge in [0, 0.05) is 27.1 Å². The molecule has 0 bridgehead atoms. The Morgan fingerprint density at radius 2 is 2.00 bits per heavy atom. The quantitative estimate of drug-likeness (QED) is 0.541. The third kappa shape index (κ3) is 5.60. The maximum Gasteiger partial charge on any atom is 0.305 e. The molecular weight excluding hydrogens is 400 g/mol. The number of rotatable bonds is 7. The third-order valence-electron chi connectivity index (χ3n) is 6.43. The lowest BCUT2D eigenvalue weighted by Crippen LogP contribution is -2.34. The zero-order valence-corrected chi connectivity index (χ0v) is 20.0. The van der Waals surface area contributed by atoms with Gasteiger partial charge in [0.05, 0.1) is 18.7 Å². The second-order valence-electron chi connectivity index (χ2n) is 9.79. The highest BCUT2D eigenvalue weighted by Gasteiger charge is 2.38. The van der Waals surface area contributed by atoms with Crippen molar-refractivity contribution in [2.24, 2.45) is 11.3 Å². The minimum Gasteiger partial charge on any atom is -0.481 e. The molecule has 0 amide bonds. The number of thiazole rings is 1. The molecule has 1 saturated carbocycles. The van der Waals surface area contributed by atoms with Crippen LogP contribution in [0.15, 0.2) is 17.5 Å². The van der Waals surface area contributed by atoms with Crippen LogP contribution in [0.5, 0.6) is 0 Å². The van der Waals surface area contributed by atoms with E-state index in [4.69, 9.17) is 4.98 Å². The van der Waals surface area contributed by atoms with Crippen LogP contribution in [-0.4, -0.2) is 22.6 Å². The molecule has 0 aliphatic heterocycles. The van der Waals surface area contributed by atoms with Crippen molar-refractivity contribution in [1.29, 1.82) is 0 Å². The van der Waals surface area contributed by atoms with E-state index in [9.17, 15) is 9.90 Å². The van der Waals surface area contributed by atoms with Crippen LogP contribution in [0.25, 0.3) is 0 Å². The van der Waals surface area contributed by atoms with E-state index in [-0.39, 0.29) is 11.8 Å². The molecule has 29 heavy (non-hydrogen) atoms.